The van der Waals surface area contributed by atoms with Crippen molar-refractivity contribution in [2.75, 3.05) is 11.5 Å². The van der Waals surface area contributed by atoms with Gasteiger partial charge in [-0.15, -0.1) is 0 Å². The van der Waals surface area contributed by atoms with E-state index >= 15 is 0 Å². The Morgan fingerprint density at radius 3 is 2.67 bits per heavy atom. The van der Waals surface area contributed by atoms with Crippen LogP contribution in [0.15, 0.2) is 4.52 Å². The van der Waals surface area contributed by atoms with Gasteiger partial charge in [0.15, 0.2) is 5.69 Å². The van der Waals surface area contributed by atoms with Gasteiger partial charge in [0.2, 0.25) is 0 Å². The number of rotatable bonds is 3. The fourth-order valence-corrected chi connectivity index (χ4v) is 4.14. The van der Waals surface area contributed by atoms with Crippen LogP contribution in [0, 0.1) is 0 Å². The van der Waals surface area contributed by atoms with Crippen molar-refractivity contribution in [2.45, 2.75) is 44.1 Å². The Morgan fingerprint density at radius 1 is 1.24 bits per heavy atom. The minimum absolute atomic E-state index is 0.267. The maximum absolute atomic E-state index is 12.5. The van der Waals surface area contributed by atoms with Crippen LogP contribution in [-0.2, 0) is 17.6 Å². The van der Waals surface area contributed by atoms with Gasteiger partial charge in [0.1, 0.15) is 11.3 Å². The standard InChI is InChI=1S/C14H18N2O4S/c17-12(11-9-3-1-2-4-10(9)20-16-11)15-14(13(18)19)5-7-21-8-6-14/h1-8H2,(H,15,17)(H,18,19). The Kier molecular flexibility index (Phi) is 3.93. The Morgan fingerprint density at radius 2 is 1.95 bits per heavy atom. The molecule has 21 heavy (non-hydrogen) atoms. The summed E-state index contributed by atoms with van der Waals surface area (Å²) >= 11 is 1.71. The highest BCUT2D eigenvalue weighted by Crippen LogP contribution is 2.29. The van der Waals surface area contributed by atoms with Crippen molar-refractivity contribution < 1.29 is 19.2 Å². The first-order valence-corrected chi connectivity index (χ1v) is 8.39. The van der Waals surface area contributed by atoms with Gasteiger partial charge in [-0.05, 0) is 43.6 Å². The average Bonchev–Trinajstić information content (AvgIpc) is 2.92. The van der Waals surface area contributed by atoms with E-state index in [0.29, 0.717) is 12.8 Å². The third-order valence-corrected chi connectivity index (χ3v) is 5.26. The molecule has 2 aliphatic rings. The first-order chi connectivity index (χ1) is 10.1. The van der Waals surface area contributed by atoms with Gasteiger partial charge in [-0.25, -0.2) is 4.79 Å². The van der Waals surface area contributed by atoms with E-state index in [0.717, 1.165) is 48.5 Å². The molecule has 114 valence electrons. The van der Waals surface area contributed by atoms with Gasteiger partial charge in [0, 0.05) is 12.0 Å². The molecule has 0 atom stereocenters. The Bertz CT molecular complexity index is 563. The number of nitrogens with zero attached hydrogens (tertiary/aromatic N) is 1. The summed E-state index contributed by atoms with van der Waals surface area (Å²) in [6.07, 6.45) is 4.51. The number of fused-ring (bicyclic) bond motifs is 1. The van der Waals surface area contributed by atoms with E-state index in [9.17, 15) is 14.7 Å². The number of amides is 1. The summed E-state index contributed by atoms with van der Waals surface area (Å²) in [4.78, 5) is 24.1. The summed E-state index contributed by atoms with van der Waals surface area (Å²) in [6, 6.07) is 0. The molecule has 2 heterocycles. The zero-order chi connectivity index (χ0) is 14.9. The van der Waals surface area contributed by atoms with E-state index < -0.39 is 17.4 Å². The van der Waals surface area contributed by atoms with Gasteiger partial charge >= 0.3 is 5.97 Å². The lowest BCUT2D eigenvalue weighted by Crippen LogP contribution is -2.56. The van der Waals surface area contributed by atoms with Crippen LogP contribution in [0.4, 0.5) is 0 Å². The van der Waals surface area contributed by atoms with Crippen molar-refractivity contribution in [1.82, 2.24) is 10.5 Å². The maximum atomic E-state index is 12.5. The van der Waals surface area contributed by atoms with Crippen molar-refractivity contribution in [2.24, 2.45) is 0 Å². The van der Waals surface area contributed by atoms with Gasteiger partial charge < -0.3 is 14.9 Å². The van der Waals surface area contributed by atoms with E-state index in [1.165, 1.54) is 0 Å². The first kappa shape index (κ1) is 14.4. The lowest BCUT2D eigenvalue weighted by atomic mass is 9.91. The molecule has 0 bridgehead atoms. The number of thioether (sulfide) groups is 1. The van der Waals surface area contributed by atoms with Crippen molar-refractivity contribution in [3.63, 3.8) is 0 Å². The van der Waals surface area contributed by atoms with E-state index in [1.54, 1.807) is 11.8 Å². The molecular weight excluding hydrogens is 292 g/mol. The summed E-state index contributed by atoms with van der Waals surface area (Å²) in [5.74, 6) is 0.868. The predicted octanol–water partition coefficient (Wildman–Crippen LogP) is 1.63. The quantitative estimate of drug-likeness (QED) is 0.881. The average molecular weight is 310 g/mol. The van der Waals surface area contributed by atoms with Crippen LogP contribution in [0.2, 0.25) is 0 Å². The van der Waals surface area contributed by atoms with Crippen molar-refractivity contribution in [3.8, 4) is 0 Å². The van der Waals surface area contributed by atoms with E-state index in [1.807, 2.05) is 0 Å². The van der Waals surface area contributed by atoms with Gasteiger partial charge in [0.25, 0.3) is 5.91 Å². The molecule has 0 radical (unpaired) electrons. The molecule has 0 aromatic carbocycles. The topological polar surface area (TPSA) is 92.4 Å². The summed E-state index contributed by atoms with van der Waals surface area (Å²) in [7, 11) is 0. The molecule has 1 saturated heterocycles. The highest BCUT2D eigenvalue weighted by molar-refractivity contribution is 7.99. The summed E-state index contributed by atoms with van der Waals surface area (Å²) < 4.78 is 5.23. The smallest absolute Gasteiger partial charge is 0.329 e. The number of nitrogens with one attached hydrogen (secondary N) is 1. The van der Waals surface area contributed by atoms with E-state index in [4.69, 9.17) is 4.52 Å². The molecule has 1 aliphatic heterocycles. The number of aliphatic carboxylic acids is 1. The largest absolute Gasteiger partial charge is 0.480 e. The molecular formula is C14H18N2O4S. The number of carbonyl (C=O) groups excluding carboxylic acids is 1. The number of hydrogen-bond donors (Lipinski definition) is 2. The minimum Gasteiger partial charge on any atom is -0.480 e. The van der Waals surface area contributed by atoms with Crippen molar-refractivity contribution >= 4 is 23.6 Å². The minimum atomic E-state index is -1.16. The van der Waals surface area contributed by atoms with Crippen LogP contribution >= 0.6 is 11.8 Å². The third kappa shape index (κ3) is 2.66. The molecule has 1 aromatic rings. The Labute approximate surface area is 126 Å². The first-order valence-electron chi connectivity index (χ1n) is 7.23. The summed E-state index contributed by atoms with van der Waals surface area (Å²) in [5.41, 5.74) is -0.0453. The van der Waals surface area contributed by atoms with Crippen molar-refractivity contribution in [1.29, 1.82) is 0 Å². The summed E-state index contributed by atoms with van der Waals surface area (Å²) in [5, 5.41) is 16.1. The fourth-order valence-electron chi connectivity index (χ4n) is 2.95. The van der Waals surface area contributed by atoms with Gasteiger partial charge in [-0.3, -0.25) is 4.79 Å². The lowest BCUT2D eigenvalue weighted by molar-refractivity contribution is -0.144. The molecule has 0 unspecified atom stereocenters. The maximum Gasteiger partial charge on any atom is 0.329 e. The van der Waals surface area contributed by atoms with Crippen LogP contribution in [-0.4, -0.2) is 39.2 Å². The molecule has 2 N–H and O–H groups in total. The molecule has 7 heteroatoms. The second kappa shape index (κ2) is 5.71. The number of aromatic nitrogens is 1. The Hall–Kier alpha value is -1.50. The van der Waals surface area contributed by atoms with Crippen LogP contribution in [0.3, 0.4) is 0 Å². The molecule has 0 spiro atoms. The van der Waals surface area contributed by atoms with Gasteiger partial charge in [-0.1, -0.05) is 5.16 Å². The second-order valence-electron chi connectivity index (χ2n) is 5.59. The predicted molar refractivity (Wildman–Crippen MR) is 77.5 cm³/mol. The highest BCUT2D eigenvalue weighted by atomic mass is 32.2. The van der Waals surface area contributed by atoms with E-state index in [2.05, 4.69) is 10.5 Å². The molecule has 3 rings (SSSR count). The van der Waals surface area contributed by atoms with Crippen molar-refractivity contribution in [3.05, 3.63) is 17.0 Å². The lowest BCUT2D eigenvalue weighted by Gasteiger charge is -2.33. The second-order valence-corrected chi connectivity index (χ2v) is 6.82. The van der Waals surface area contributed by atoms with Crippen LogP contribution in [0.5, 0.6) is 0 Å². The van der Waals surface area contributed by atoms with Crippen LogP contribution in [0.1, 0.15) is 47.5 Å². The normalized spacial score (nSPS) is 20.6. The zero-order valence-corrected chi connectivity index (χ0v) is 12.5. The number of carboxylic acid groups (broad SMARTS) is 1. The zero-order valence-electron chi connectivity index (χ0n) is 11.7. The number of carboxylic acids is 1. The fraction of sp³-hybridized carbons (Fsp3) is 0.643. The molecule has 1 fully saturated rings. The molecule has 1 aromatic heterocycles. The molecule has 1 amide bonds. The number of hydrogen-bond acceptors (Lipinski definition) is 5. The molecule has 6 nitrogen and oxygen atoms in total. The number of carbonyl (C=O) groups is 2. The van der Waals surface area contributed by atoms with Gasteiger partial charge in [0.05, 0.1) is 0 Å². The third-order valence-electron chi connectivity index (χ3n) is 4.27. The number of aryl methyl sites for hydroxylation is 1. The molecule has 1 aliphatic carbocycles. The highest BCUT2D eigenvalue weighted by Gasteiger charge is 2.42. The summed E-state index contributed by atoms with van der Waals surface area (Å²) in [6.45, 7) is 0. The van der Waals surface area contributed by atoms with E-state index in [-0.39, 0.29) is 5.69 Å². The monoisotopic (exact) mass is 310 g/mol. The molecule has 0 saturated carbocycles. The Balaban J connectivity index is 1.82. The van der Waals surface area contributed by atoms with Gasteiger partial charge in [-0.2, -0.15) is 11.8 Å². The SMILES string of the molecule is O=C(NC1(C(=O)O)CCSCC1)c1noc2c1CCCC2. The van der Waals surface area contributed by atoms with Crippen LogP contribution in [0.25, 0.3) is 0 Å². The van der Waals surface area contributed by atoms with Crippen LogP contribution < -0.4 is 5.32 Å².